The molecule has 6 nitrogen and oxygen atoms in total. The van der Waals surface area contributed by atoms with Gasteiger partial charge < -0.3 is 11.1 Å². The third-order valence-corrected chi connectivity index (χ3v) is 3.02. The number of nitrogens with two attached hydrogens (primary N) is 1. The van der Waals surface area contributed by atoms with Gasteiger partial charge in [0.25, 0.3) is 5.91 Å². The summed E-state index contributed by atoms with van der Waals surface area (Å²) in [5, 5.41) is 9.52. The summed E-state index contributed by atoms with van der Waals surface area (Å²) in [5.74, 6) is -0.144. The number of nitrogens with one attached hydrogen (secondary N) is 2. The second kappa shape index (κ2) is 5.46. The number of benzene rings is 1. The van der Waals surface area contributed by atoms with E-state index >= 15 is 0 Å². The van der Waals surface area contributed by atoms with Crippen LogP contribution in [0.15, 0.2) is 54.9 Å². The van der Waals surface area contributed by atoms with Crippen molar-refractivity contribution in [1.82, 2.24) is 15.2 Å². The zero-order valence-corrected chi connectivity index (χ0v) is 11.1. The second-order valence-corrected chi connectivity index (χ2v) is 4.41. The van der Waals surface area contributed by atoms with Gasteiger partial charge in [-0.3, -0.25) is 14.9 Å². The van der Waals surface area contributed by atoms with Gasteiger partial charge in [0.2, 0.25) is 0 Å². The van der Waals surface area contributed by atoms with E-state index in [1.807, 2.05) is 18.2 Å². The monoisotopic (exact) mass is 279 g/mol. The van der Waals surface area contributed by atoms with E-state index in [2.05, 4.69) is 20.5 Å². The number of carbonyl (C=O) groups excluding carboxylic acids is 1. The first-order valence-electron chi connectivity index (χ1n) is 6.36. The molecule has 4 N–H and O–H groups in total. The maximum Gasteiger partial charge on any atom is 0.261 e. The topological polar surface area (TPSA) is 96.7 Å². The van der Waals surface area contributed by atoms with Crippen LogP contribution < -0.4 is 11.1 Å². The molecule has 0 atom stereocenters. The molecule has 0 fully saturated rings. The molecule has 0 unspecified atom stereocenters. The first-order valence-corrected chi connectivity index (χ1v) is 6.36. The van der Waals surface area contributed by atoms with Crippen molar-refractivity contribution in [2.24, 2.45) is 0 Å². The summed E-state index contributed by atoms with van der Waals surface area (Å²) in [7, 11) is 0. The van der Waals surface area contributed by atoms with Gasteiger partial charge in [-0.2, -0.15) is 5.10 Å². The second-order valence-electron chi connectivity index (χ2n) is 4.41. The van der Waals surface area contributed by atoms with Crippen LogP contribution in [0.5, 0.6) is 0 Å². The first-order chi connectivity index (χ1) is 10.3. The van der Waals surface area contributed by atoms with Crippen molar-refractivity contribution in [2.75, 3.05) is 11.1 Å². The Hall–Kier alpha value is -3.15. The predicted molar refractivity (Wildman–Crippen MR) is 80.6 cm³/mol. The van der Waals surface area contributed by atoms with Gasteiger partial charge in [0.1, 0.15) is 5.56 Å². The minimum absolute atomic E-state index is 0.162. The molecule has 2 aromatic heterocycles. The minimum atomic E-state index is -0.306. The van der Waals surface area contributed by atoms with Gasteiger partial charge in [-0.1, -0.05) is 18.2 Å². The lowest BCUT2D eigenvalue weighted by Gasteiger charge is -2.06. The summed E-state index contributed by atoms with van der Waals surface area (Å²) < 4.78 is 0. The summed E-state index contributed by atoms with van der Waals surface area (Å²) in [5.41, 5.74) is 8.21. The van der Waals surface area contributed by atoms with E-state index in [4.69, 9.17) is 5.73 Å². The Morgan fingerprint density at radius 3 is 2.52 bits per heavy atom. The molecule has 1 amide bonds. The standard InChI is InChI=1S/C15H13N5O/c16-14-12(15(21)18-11-4-2-1-3-5-11)13(19-20-14)10-6-8-17-9-7-10/h1-9H,(H,18,21)(H3,16,19,20). The van der Waals surface area contributed by atoms with Crippen LogP contribution >= 0.6 is 0 Å². The van der Waals surface area contributed by atoms with Crippen LogP contribution in [0.25, 0.3) is 11.3 Å². The van der Waals surface area contributed by atoms with Gasteiger partial charge in [-0.05, 0) is 24.3 Å². The molecule has 0 radical (unpaired) electrons. The number of carbonyl (C=O) groups is 1. The number of rotatable bonds is 3. The number of para-hydroxylation sites is 1. The molecular formula is C15H13N5O. The van der Waals surface area contributed by atoms with E-state index in [1.165, 1.54) is 0 Å². The van der Waals surface area contributed by atoms with Crippen molar-refractivity contribution in [2.45, 2.75) is 0 Å². The van der Waals surface area contributed by atoms with E-state index in [9.17, 15) is 4.79 Å². The third-order valence-electron chi connectivity index (χ3n) is 3.02. The molecule has 3 aromatic rings. The smallest absolute Gasteiger partial charge is 0.261 e. The molecule has 1 aromatic carbocycles. The number of pyridine rings is 1. The highest BCUT2D eigenvalue weighted by atomic mass is 16.1. The molecule has 3 rings (SSSR count). The molecule has 0 aliphatic rings. The quantitative estimate of drug-likeness (QED) is 0.685. The van der Waals surface area contributed by atoms with E-state index in [0.717, 1.165) is 5.56 Å². The number of anilines is 2. The summed E-state index contributed by atoms with van der Waals surface area (Å²) >= 11 is 0. The van der Waals surface area contributed by atoms with Gasteiger partial charge >= 0.3 is 0 Å². The maximum atomic E-state index is 12.4. The average molecular weight is 279 g/mol. The van der Waals surface area contributed by atoms with E-state index in [-0.39, 0.29) is 11.7 Å². The molecule has 0 aliphatic heterocycles. The fourth-order valence-corrected chi connectivity index (χ4v) is 2.03. The fourth-order valence-electron chi connectivity index (χ4n) is 2.03. The maximum absolute atomic E-state index is 12.4. The molecule has 21 heavy (non-hydrogen) atoms. The average Bonchev–Trinajstić information content (AvgIpc) is 2.91. The zero-order chi connectivity index (χ0) is 14.7. The van der Waals surface area contributed by atoms with E-state index < -0.39 is 0 Å². The number of hydrogen-bond donors (Lipinski definition) is 3. The summed E-state index contributed by atoms with van der Waals surface area (Å²) in [6.07, 6.45) is 3.29. The van der Waals surface area contributed by atoms with Crippen LogP contribution in [-0.4, -0.2) is 21.1 Å². The van der Waals surface area contributed by atoms with E-state index in [0.29, 0.717) is 16.9 Å². The third kappa shape index (κ3) is 2.59. The number of hydrogen-bond acceptors (Lipinski definition) is 4. The predicted octanol–water partition coefficient (Wildman–Crippen LogP) is 2.31. The van der Waals surface area contributed by atoms with Gasteiger partial charge in [-0.15, -0.1) is 0 Å². The number of nitrogens with zero attached hydrogens (tertiary/aromatic N) is 2. The largest absolute Gasteiger partial charge is 0.382 e. The molecule has 6 heteroatoms. The number of aromatic nitrogens is 3. The first kappa shape index (κ1) is 12.9. The number of H-pyrrole nitrogens is 1. The van der Waals surface area contributed by atoms with Crippen molar-refractivity contribution in [3.05, 3.63) is 60.4 Å². The molecule has 0 bridgehead atoms. The summed E-state index contributed by atoms with van der Waals surface area (Å²) in [6, 6.07) is 12.7. The number of aromatic amines is 1. The SMILES string of the molecule is Nc1n[nH]c(-c2ccncc2)c1C(=O)Nc1ccccc1. The van der Waals surface area contributed by atoms with Crippen molar-refractivity contribution in [3.8, 4) is 11.3 Å². The Morgan fingerprint density at radius 1 is 1.10 bits per heavy atom. The fraction of sp³-hybridized carbons (Fsp3) is 0. The lowest BCUT2D eigenvalue weighted by Crippen LogP contribution is -2.14. The van der Waals surface area contributed by atoms with Gasteiger partial charge in [0.15, 0.2) is 5.82 Å². The van der Waals surface area contributed by atoms with Gasteiger partial charge in [0, 0.05) is 23.6 Å². The van der Waals surface area contributed by atoms with Crippen LogP contribution in [0.3, 0.4) is 0 Å². The lowest BCUT2D eigenvalue weighted by atomic mass is 10.1. The Labute approximate surface area is 121 Å². The highest BCUT2D eigenvalue weighted by molar-refractivity contribution is 6.11. The van der Waals surface area contributed by atoms with Crippen molar-refractivity contribution in [1.29, 1.82) is 0 Å². The summed E-state index contributed by atoms with van der Waals surface area (Å²) in [4.78, 5) is 16.4. The molecule has 0 spiro atoms. The number of amides is 1. The van der Waals surface area contributed by atoms with Crippen LogP contribution in [0, 0.1) is 0 Å². The highest BCUT2D eigenvalue weighted by Crippen LogP contribution is 2.25. The van der Waals surface area contributed by atoms with Crippen molar-refractivity contribution in [3.63, 3.8) is 0 Å². The molecule has 0 saturated heterocycles. The summed E-state index contributed by atoms with van der Waals surface area (Å²) in [6.45, 7) is 0. The van der Waals surface area contributed by atoms with Crippen molar-refractivity contribution < 1.29 is 4.79 Å². The highest BCUT2D eigenvalue weighted by Gasteiger charge is 2.19. The molecule has 2 heterocycles. The Kier molecular flexibility index (Phi) is 3.34. The minimum Gasteiger partial charge on any atom is -0.382 e. The van der Waals surface area contributed by atoms with Crippen molar-refractivity contribution >= 4 is 17.4 Å². The van der Waals surface area contributed by atoms with Crippen LogP contribution in [-0.2, 0) is 0 Å². The van der Waals surface area contributed by atoms with Gasteiger partial charge in [-0.25, -0.2) is 0 Å². The zero-order valence-electron chi connectivity index (χ0n) is 11.1. The van der Waals surface area contributed by atoms with Gasteiger partial charge in [0.05, 0.1) is 5.69 Å². The van der Waals surface area contributed by atoms with Crippen LogP contribution in [0.1, 0.15) is 10.4 Å². The molecule has 0 aliphatic carbocycles. The number of nitrogen functional groups attached to an aromatic ring is 1. The van der Waals surface area contributed by atoms with Crippen LogP contribution in [0.4, 0.5) is 11.5 Å². The molecule has 0 saturated carbocycles. The Morgan fingerprint density at radius 2 is 1.81 bits per heavy atom. The van der Waals surface area contributed by atoms with E-state index in [1.54, 1.807) is 36.7 Å². The normalized spacial score (nSPS) is 10.3. The Balaban J connectivity index is 1.95. The molecule has 104 valence electrons. The Bertz CT molecular complexity index is 752. The van der Waals surface area contributed by atoms with Crippen LogP contribution in [0.2, 0.25) is 0 Å². The lowest BCUT2D eigenvalue weighted by molar-refractivity contribution is 0.102. The molecular weight excluding hydrogens is 266 g/mol.